The number of esters is 1. The van der Waals surface area contributed by atoms with E-state index in [1.54, 1.807) is 18.2 Å². The number of methoxy groups -OCH3 is 1. The highest BCUT2D eigenvalue weighted by molar-refractivity contribution is 5.96. The smallest absolute Gasteiger partial charge is 0.342 e. The fourth-order valence-corrected chi connectivity index (χ4v) is 1.81. The van der Waals surface area contributed by atoms with Gasteiger partial charge in [-0.2, -0.15) is 0 Å². The van der Waals surface area contributed by atoms with E-state index in [0.29, 0.717) is 0 Å². The van der Waals surface area contributed by atoms with Crippen LogP contribution in [0.15, 0.2) is 42.5 Å². The van der Waals surface area contributed by atoms with Crippen LogP contribution in [-0.4, -0.2) is 25.6 Å². The number of rotatable bonds is 5. The van der Waals surface area contributed by atoms with Crippen LogP contribution in [0.25, 0.3) is 0 Å². The fraction of sp³-hybridized carbons (Fsp3) is 0.125. The Balaban J connectivity index is 1.98. The Morgan fingerprint density at radius 2 is 1.70 bits per heavy atom. The predicted molar refractivity (Wildman–Crippen MR) is 78.3 cm³/mol. The normalized spacial score (nSPS) is 10.0. The van der Waals surface area contributed by atoms with Gasteiger partial charge in [-0.05, 0) is 24.3 Å². The summed E-state index contributed by atoms with van der Waals surface area (Å²) >= 11 is 0. The summed E-state index contributed by atoms with van der Waals surface area (Å²) in [4.78, 5) is 23.5. The lowest BCUT2D eigenvalue weighted by Gasteiger charge is -2.09. The number of benzene rings is 2. The van der Waals surface area contributed by atoms with E-state index in [0.717, 1.165) is 12.1 Å². The van der Waals surface area contributed by atoms with Gasteiger partial charge in [-0.3, -0.25) is 4.79 Å². The van der Waals surface area contributed by atoms with Gasteiger partial charge < -0.3 is 14.8 Å². The maximum absolute atomic E-state index is 13.4. The maximum Gasteiger partial charge on any atom is 0.342 e. The number of para-hydroxylation sites is 2. The molecule has 2 aromatic rings. The summed E-state index contributed by atoms with van der Waals surface area (Å²) in [5, 5.41) is 2.02. The highest BCUT2D eigenvalue weighted by Crippen LogP contribution is 2.19. The summed E-state index contributed by atoms with van der Waals surface area (Å²) in [5.74, 6) is -3.20. The first-order chi connectivity index (χ1) is 11.0. The second-order valence-electron chi connectivity index (χ2n) is 4.42. The third kappa shape index (κ3) is 4.03. The summed E-state index contributed by atoms with van der Waals surface area (Å²) < 4.78 is 36.6. The van der Waals surface area contributed by atoms with Crippen LogP contribution in [0.4, 0.5) is 14.5 Å². The van der Waals surface area contributed by atoms with Crippen LogP contribution in [0.2, 0.25) is 0 Å². The summed E-state index contributed by atoms with van der Waals surface area (Å²) in [7, 11) is 1.39. The molecule has 0 aromatic heterocycles. The third-order valence-electron chi connectivity index (χ3n) is 2.89. The van der Waals surface area contributed by atoms with Gasteiger partial charge in [0.05, 0.1) is 7.11 Å². The van der Waals surface area contributed by atoms with E-state index in [1.165, 1.54) is 19.2 Å². The second kappa shape index (κ2) is 7.35. The molecule has 2 rings (SSSR count). The van der Waals surface area contributed by atoms with Crippen molar-refractivity contribution in [2.24, 2.45) is 0 Å². The molecule has 5 nitrogen and oxygen atoms in total. The standard InChI is InChI=1S/C16H13F2NO4/c1-22-13-8-3-2-5-10(13)16(21)23-9-14(20)19-15-11(17)6-4-7-12(15)18/h2-8H,9H2,1H3,(H,19,20). The van der Waals surface area contributed by atoms with Crippen molar-refractivity contribution in [3.8, 4) is 5.75 Å². The minimum atomic E-state index is -0.922. The Morgan fingerprint density at radius 1 is 1.04 bits per heavy atom. The molecule has 0 aliphatic rings. The summed E-state index contributed by atoms with van der Waals surface area (Å²) in [6.45, 7) is -0.690. The van der Waals surface area contributed by atoms with Crippen molar-refractivity contribution in [3.63, 3.8) is 0 Å². The molecule has 0 saturated heterocycles. The van der Waals surface area contributed by atoms with Gasteiger partial charge in [0.1, 0.15) is 28.6 Å². The van der Waals surface area contributed by atoms with Gasteiger partial charge in [-0.25, -0.2) is 13.6 Å². The van der Waals surface area contributed by atoms with Gasteiger partial charge in [-0.15, -0.1) is 0 Å². The molecule has 0 atom stereocenters. The summed E-state index contributed by atoms with van der Waals surface area (Å²) in [6, 6.07) is 9.47. The molecule has 0 spiro atoms. The molecule has 0 fully saturated rings. The number of anilines is 1. The molecule has 1 amide bonds. The van der Waals surface area contributed by atoms with Crippen LogP contribution < -0.4 is 10.1 Å². The van der Waals surface area contributed by atoms with Crippen molar-refractivity contribution >= 4 is 17.6 Å². The SMILES string of the molecule is COc1ccccc1C(=O)OCC(=O)Nc1c(F)cccc1F. The minimum Gasteiger partial charge on any atom is -0.496 e. The predicted octanol–water partition coefficient (Wildman–Crippen LogP) is 2.77. The van der Waals surface area contributed by atoms with E-state index in [-0.39, 0.29) is 11.3 Å². The molecule has 1 N–H and O–H groups in total. The van der Waals surface area contributed by atoms with E-state index in [4.69, 9.17) is 9.47 Å². The van der Waals surface area contributed by atoms with Crippen molar-refractivity contribution in [2.45, 2.75) is 0 Å². The van der Waals surface area contributed by atoms with Crippen molar-refractivity contribution in [1.29, 1.82) is 0 Å². The molecule has 0 heterocycles. The van der Waals surface area contributed by atoms with Crippen LogP contribution in [0, 0.1) is 11.6 Å². The third-order valence-corrected chi connectivity index (χ3v) is 2.89. The zero-order chi connectivity index (χ0) is 16.8. The van der Waals surface area contributed by atoms with Crippen molar-refractivity contribution in [2.75, 3.05) is 19.0 Å². The number of ether oxygens (including phenoxy) is 2. The average Bonchev–Trinajstić information content (AvgIpc) is 2.56. The Labute approximate surface area is 130 Å². The molecule has 0 aliphatic heterocycles. The van der Waals surface area contributed by atoms with Crippen molar-refractivity contribution in [3.05, 3.63) is 59.7 Å². The van der Waals surface area contributed by atoms with Crippen LogP contribution in [0.5, 0.6) is 5.75 Å². The summed E-state index contributed by atoms with van der Waals surface area (Å²) in [5.41, 5.74) is -0.453. The number of nitrogens with one attached hydrogen (secondary N) is 1. The molecular weight excluding hydrogens is 308 g/mol. The molecule has 0 radical (unpaired) electrons. The van der Waals surface area contributed by atoms with Crippen LogP contribution >= 0.6 is 0 Å². The van der Waals surface area contributed by atoms with Gasteiger partial charge in [0.15, 0.2) is 6.61 Å². The second-order valence-corrected chi connectivity index (χ2v) is 4.42. The molecular formula is C16H13F2NO4. The number of carbonyl (C=O) groups excluding carboxylic acids is 2. The number of hydrogen-bond acceptors (Lipinski definition) is 4. The van der Waals surface area contributed by atoms with E-state index in [9.17, 15) is 18.4 Å². The van der Waals surface area contributed by atoms with Crippen molar-refractivity contribution < 1.29 is 27.8 Å². The number of halogens is 2. The van der Waals surface area contributed by atoms with E-state index >= 15 is 0 Å². The molecule has 0 aliphatic carbocycles. The van der Waals surface area contributed by atoms with Crippen molar-refractivity contribution in [1.82, 2.24) is 0 Å². The van der Waals surface area contributed by atoms with Crippen LogP contribution in [0.1, 0.15) is 10.4 Å². The Morgan fingerprint density at radius 3 is 2.35 bits per heavy atom. The van der Waals surface area contributed by atoms with Gasteiger partial charge in [0.2, 0.25) is 0 Å². The number of amides is 1. The molecule has 0 saturated carbocycles. The lowest BCUT2D eigenvalue weighted by molar-refractivity contribution is -0.119. The van der Waals surface area contributed by atoms with Gasteiger partial charge in [0.25, 0.3) is 5.91 Å². The minimum absolute atomic E-state index is 0.139. The lowest BCUT2D eigenvalue weighted by atomic mass is 10.2. The molecule has 7 heteroatoms. The zero-order valence-electron chi connectivity index (χ0n) is 12.1. The highest BCUT2D eigenvalue weighted by Gasteiger charge is 2.16. The Hall–Kier alpha value is -2.96. The molecule has 120 valence electrons. The fourth-order valence-electron chi connectivity index (χ4n) is 1.81. The first kappa shape index (κ1) is 16.4. The molecule has 0 unspecified atom stereocenters. The average molecular weight is 321 g/mol. The monoisotopic (exact) mass is 321 g/mol. The highest BCUT2D eigenvalue weighted by atomic mass is 19.1. The van der Waals surface area contributed by atoms with Gasteiger partial charge >= 0.3 is 5.97 Å². The van der Waals surface area contributed by atoms with Gasteiger partial charge in [0, 0.05) is 0 Å². The van der Waals surface area contributed by atoms with E-state index in [1.807, 2.05) is 5.32 Å². The van der Waals surface area contributed by atoms with Crippen LogP contribution in [0.3, 0.4) is 0 Å². The topological polar surface area (TPSA) is 64.6 Å². The Kier molecular flexibility index (Phi) is 5.24. The molecule has 23 heavy (non-hydrogen) atoms. The molecule has 0 bridgehead atoms. The number of carbonyl (C=O) groups is 2. The first-order valence-electron chi connectivity index (χ1n) is 6.57. The quantitative estimate of drug-likeness (QED) is 0.860. The van der Waals surface area contributed by atoms with E-state index < -0.39 is 35.8 Å². The summed E-state index contributed by atoms with van der Waals surface area (Å²) in [6.07, 6.45) is 0. The largest absolute Gasteiger partial charge is 0.496 e. The van der Waals surface area contributed by atoms with Crippen LogP contribution in [-0.2, 0) is 9.53 Å². The zero-order valence-corrected chi connectivity index (χ0v) is 12.1. The molecule has 2 aromatic carbocycles. The Bertz CT molecular complexity index is 714. The van der Waals surface area contributed by atoms with Gasteiger partial charge in [-0.1, -0.05) is 18.2 Å². The maximum atomic E-state index is 13.4. The first-order valence-corrected chi connectivity index (χ1v) is 6.57. The lowest BCUT2D eigenvalue weighted by Crippen LogP contribution is -2.22. The number of hydrogen-bond donors (Lipinski definition) is 1. The van der Waals surface area contributed by atoms with E-state index in [2.05, 4.69) is 0 Å².